The molecule has 2 aliphatic rings. The summed E-state index contributed by atoms with van der Waals surface area (Å²) in [4.78, 5) is 4.98. The first kappa shape index (κ1) is 10.4. The molecule has 2 N–H and O–H groups in total. The number of nitrogens with zero attached hydrogens (tertiary/aromatic N) is 2. The number of nitrogens with two attached hydrogens (primary N) is 1. The molecule has 1 atom stereocenters. The van der Waals surface area contributed by atoms with Gasteiger partial charge < -0.3 is 10.5 Å². The minimum Gasteiger partial charge on any atom is -0.379 e. The molecule has 0 aliphatic carbocycles. The monoisotopic (exact) mass is 199 g/mol. The summed E-state index contributed by atoms with van der Waals surface area (Å²) in [5.74, 6) is 0. The Kier molecular flexibility index (Phi) is 3.38. The first-order chi connectivity index (χ1) is 6.75. The van der Waals surface area contributed by atoms with Gasteiger partial charge in [0.25, 0.3) is 0 Å². The Labute approximate surface area is 86.0 Å². The molecule has 0 saturated carbocycles. The van der Waals surface area contributed by atoms with Crippen LogP contribution in [0.5, 0.6) is 0 Å². The van der Waals surface area contributed by atoms with E-state index in [2.05, 4.69) is 16.7 Å². The van der Waals surface area contributed by atoms with Gasteiger partial charge in [0.2, 0.25) is 0 Å². The molecule has 2 rings (SSSR count). The number of rotatable bonds is 3. The fourth-order valence-corrected chi connectivity index (χ4v) is 2.27. The van der Waals surface area contributed by atoms with Gasteiger partial charge in [-0.15, -0.1) is 0 Å². The van der Waals surface area contributed by atoms with Crippen LogP contribution >= 0.6 is 0 Å². The van der Waals surface area contributed by atoms with E-state index in [1.165, 1.54) is 13.1 Å². The fraction of sp³-hybridized carbons (Fsp3) is 1.00. The third kappa shape index (κ3) is 2.45. The summed E-state index contributed by atoms with van der Waals surface area (Å²) < 4.78 is 5.33. The maximum absolute atomic E-state index is 5.75. The third-order valence-corrected chi connectivity index (χ3v) is 3.05. The molecule has 2 heterocycles. The van der Waals surface area contributed by atoms with Gasteiger partial charge in [-0.2, -0.15) is 0 Å². The standard InChI is InChI=1S/C10H21N3O/c1-9(11)6-12-7-10(8-12)13-2-4-14-5-3-13/h9-10H,2-8,11H2,1H3. The third-order valence-electron chi connectivity index (χ3n) is 3.05. The molecule has 14 heavy (non-hydrogen) atoms. The first-order valence-corrected chi connectivity index (χ1v) is 5.55. The molecular weight excluding hydrogens is 178 g/mol. The molecule has 4 heteroatoms. The first-order valence-electron chi connectivity index (χ1n) is 5.55. The second-order valence-corrected chi connectivity index (χ2v) is 4.50. The lowest BCUT2D eigenvalue weighted by Gasteiger charge is -2.47. The SMILES string of the molecule is CC(N)CN1CC(N2CCOCC2)C1. The molecule has 0 radical (unpaired) electrons. The van der Waals surface area contributed by atoms with Gasteiger partial charge in [-0.1, -0.05) is 0 Å². The molecular formula is C10H21N3O. The molecule has 2 aliphatic heterocycles. The van der Waals surface area contributed by atoms with Crippen molar-refractivity contribution in [1.82, 2.24) is 9.80 Å². The Bertz CT molecular complexity index is 174. The zero-order valence-electron chi connectivity index (χ0n) is 8.98. The van der Waals surface area contributed by atoms with Gasteiger partial charge in [0.1, 0.15) is 0 Å². The van der Waals surface area contributed by atoms with Crippen molar-refractivity contribution in [1.29, 1.82) is 0 Å². The minimum absolute atomic E-state index is 0.306. The number of likely N-dealkylation sites (tertiary alicyclic amines) is 1. The average molecular weight is 199 g/mol. The summed E-state index contributed by atoms with van der Waals surface area (Å²) in [6.45, 7) is 9.53. The zero-order chi connectivity index (χ0) is 9.97. The van der Waals surface area contributed by atoms with E-state index in [9.17, 15) is 0 Å². The highest BCUT2D eigenvalue weighted by Gasteiger charge is 2.32. The molecule has 1 unspecified atom stereocenters. The van der Waals surface area contributed by atoms with E-state index in [0.717, 1.165) is 38.9 Å². The van der Waals surface area contributed by atoms with Crippen LogP contribution in [0.4, 0.5) is 0 Å². The Hall–Kier alpha value is -0.160. The van der Waals surface area contributed by atoms with E-state index in [4.69, 9.17) is 10.5 Å². The molecule has 0 aromatic carbocycles. The maximum Gasteiger partial charge on any atom is 0.0594 e. The molecule has 4 nitrogen and oxygen atoms in total. The van der Waals surface area contributed by atoms with Gasteiger partial charge in [-0.3, -0.25) is 9.80 Å². The Morgan fingerprint density at radius 2 is 2.00 bits per heavy atom. The predicted molar refractivity (Wildman–Crippen MR) is 56.3 cm³/mol. The van der Waals surface area contributed by atoms with Crippen molar-refractivity contribution in [3.8, 4) is 0 Å². The average Bonchev–Trinajstić information content (AvgIpc) is 2.12. The Morgan fingerprint density at radius 1 is 1.36 bits per heavy atom. The fourth-order valence-electron chi connectivity index (χ4n) is 2.27. The van der Waals surface area contributed by atoms with Crippen LogP contribution in [0.15, 0.2) is 0 Å². The summed E-state index contributed by atoms with van der Waals surface area (Å²) in [7, 11) is 0. The van der Waals surface area contributed by atoms with Crippen molar-refractivity contribution in [3.63, 3.8) is 0 Å². The molecule has 82 valence electrons. The van der Waals surface area contributed by atoms with Crippen LogP contribution < -0.4 is 5.73 Å². The number of morpholine rings is 1. The van der Waals surface area contributed by atoms with Crippen LogP contribution in [-0.2, 0) is 4.74 Å². The minimum atomic E-state index is 0.306. The second-order valence-electron chi connectivity index (χ2n) is 4.50. The van der Waals surface area contributed by atoms with Gasteiger partial charge >= 0.3 is 0 Å². The number of hydrogen-bond donors (Lipinski definition) is 1. The van der Waals surface area contributed by atoms with Gasteiger partial charge in [-0.25, -0.2) is 0 Å². The Balaban J connectivity index is 1.66. The quantitative estimate of drug-likeness (QED) is 0.656. The number of hydrogen-bond acceptors (Lipinski definition) is 4. The molecule has 0 spiro atoms. The zero-order valence-corrected chi connectivity index (χ0v) is 8.98. The molecule has 0 aromatic rings. The van der Waals surface area contributed by atoms with Crippen LogP contribution in [0.3, 0.4) is 0 Å². The van der Waals surface area contributed by atoms with E-state index in [1.54, 1.807) is 0 Å². The lowest BCUT2D eigenvalue weighted by atomic mass is 10.1. The van der Waals surface area contributed by atoms with Crippen molar-refractivity contribution in [2.45, 2.75) is 19.0 Å². The van der Waals surface area contributed by atoms with Crippen molar-refractivity contribution < 1.29 is 4.74 Å². The van der Waals surface area contributed by atoms with Crippen LogP contribution in [0.25, 0.3) is 0 Å². The Morgan fingerprint density at radius 3 is 2.57 bits per heavy atom. The van der Waals surface area contributed by atoms with Crippen molar-refractivity contribution >= 4 is 0 Å². The molecule has 0 aromatic heterocycles. The lowest BCUT2D eigenvalue weighted by Crippen LogP contribution is -2.62. The molecule has 2 fully saturated rings. The summed E-state index contributed by atoms with van der Waals surface area (Å²) in [5.41, 5.74) is 5.75. The van der Waals surface area contributed by atoms with Crippen molar-refractivity contribution in [3.05, 3.63) is 0 Å². The van der Waals surface area contributed by atoms with Gasteiger partial charge in [0.15, 0.2) is 0 Å². The van der Waals surface area contributed by atoms with Crippen LogP contribution in [-0.4, -0.2) is 67.8 Å². The van der Waals surface area contributed by atoms with Gasteiger partial charge in [-0.05, 0) is 6.92 Å². The lowest BCUT2D eigenvalue weighted by molar-refractivity contribution is -0.0328. The van der Waals surface area contributed by atoms with Gasteiger partial charge in [0.05, 0.1) is 13.2 Å². The topological polar surface area (TPSA) is 41.7 Å². The van der Waals surface area contributed by atoms with Crippen LogP contribution in [0.1, 0.15) is 6.92 Å². The highest BCUT2D eigenvalue weighted by Crippen LogP contribution is 2.15. The summed E-state index contributed by atoms with van der Waals surface area (Å²) >= 11 is 0. The van der Waals surface area contributed by atoms with Gasteiger partial charge in [0, 0.05) is 44.8 Å². The van der Waals surface area contributed by atoms with Crippen molar-refractivity contribution in [2.24, 2.45) is 5.73 Å². The van der Waals surface area contributed by atoms with Crippen LogP contribution in [0, 0.1) is 0 Å². The largest absolute Gasteiger partial charge is 0.379 e. The smallest absolute Gasteiger partial charge is 0.0594 e. The van der Waals surface area contributed by atoms with E-state index >= 15 is 0 Å². The van der Waals surface area contributed by atoms with Crippen LogP contribution in [0.2, 0.25) is 0 Å². The van der Waals surface area contributed by atoms with E-state index in [0.29, 0.717) is 6.04 Å². The summed E-state index contributed by atoms with van der Waals surface area (Å²) in [6, 6.07) is 1.07. The molecule has 0 amide bonds. The van der Waals surface area contributed by atoms with E-state index in [1.807, 2.05) is 0 Å². The predicted octanol–water partition coefficient (Wildman–Crippen LogP) is -0.650. The normalized spacial score (nSPS) is 28.7. The summed E-state index contributed by atoms with van der Waals surface area (Å²) in [6.07, 6.45) is 0. The summed E-state index contributed by atoms with van der Waals surface area (Å²) in [5, 5.41) is 0. The van der Waals surface area contributed by atoms with E-state index in [-0.39, 0.29) is 0 Å². The molecule has 0 bridgehead atoms. The number of ether oxygens (including phenoxy) is 1. The second kappa shape index (κ2) is 4.57. The van der Waals surface area contributed by atoms with E-state index < -0.39 is 0 Å². The highest BCUT2D eigenvalue weighted by molar-refractivity contribution is 4.89. The maximum atomic E-state index is 5.75. The van der Waals surface area contributed by atoms with Crippen molar-refractivity contribution in [2.75, 3.05) is 45.9 Å². The highest BCUT2D eigenvalue weighted by atomic mass is 16.5. The molecule has 2 saturated heterocycles.